The highest BCUT2D eigenvalue weighted by atomic mass is 32.2. The molecule has 0 aromatic heterocycles. The van der Waals surface area contributed by atoms with Gasteiger partial charge in [-0.15, -0.1) is 0 Å². The molecule has 17 heavy (non-hydrogen) atoms. The van der Waals surface area contributed by atoms with E-state index in [0.29, 0.717) is 19.5 Å². The van der Waals surface area contributed by atoms with E-state index >= 15 is 0 Å². The van der Waals surface area contributed by atoms with Crippen molar-refractivity contribution in [1.82, 2.24) is 9.62 Å². The van der Waals surface area contributed by atoms with E-state index in [4.69, 9.17) is 4.74 Å². The van der Waals surface area contributed by atoms with E-state index in [-0.39, 0.29) is 6.04 Å². The van der Waals surface area contributed by atoms with Crippen molar-refractivity contribution in [2.45, 2.75) is 38.8 Å². The van der Waals surface area contributed by atoms with Crippen LogP contribution in [0.2, 0.25) is 0 Å². The zero-order chi connectivity index (χ0) is 13.3. The van der Waals surface area contributed by atoms with E-state index in [1.54, 1.807) is 20.8 Å². The molecule has 6 nitrogen and oxygen atoms in total. The van der Waals surface area contributed by atoms with Gasteiger partial charge in [0.15, 0.2) is 0 Å². The van der Waals surface area contributed by atoms with Gasteiger partial charge in [-0.1, -0.05) is 0 Å². The Hall–Kier alpha value is -0.820. The van der Waals surface area contributed by atoms with Gasteiger partial charge in [0.05, 0.1) is 12.3 Å². The number of sulfonamides is 1. The summed E-state index contributed by atoms with van der Waals surface area (Å²) in [5.74, 6) is 0. The first-order valence-electron chi connectivity index (χ1n) is 5.54. The van der Waals surface area contributed by atoms with Crippen LogP contribution in [0.3, 0.4) is 0 Å². The number of carbonyl (C=O) groups is 1. The lowest BCUT2D eigenvalue weighted by Gasteiger charge is -2.29. The van der Waals surface area contributed by atoms with Crippen LogP contribution in [-0.4, -0.2) is 49.8 Å². The maximum atomic E-state index is 11.9. The summed E-state index contributed by atoms with van der Waals surface area (Å²) in [5.41, 5.74) is -0.702. The number of rotatable bonds is 2. The molecule has 0 bridgehead atoms. The fourth-order valence-corrected chi connectivity index (χ4v) is 2.73. The molecule has 100 valence electrons. The first-order chi connectivity index (χ1) is 7.61. The monoisotopic (exact) mass is 264 g/mol. The summed E-state index contributed by atoms with van der Waals surface area (Å²) >= 11 is 0. The minimum Gasteiger partial charge on any atom is -0.443 e. The van der Waals surface area contributed by atoms with Crippen molar-refractivity contribution in [2.75, 3.05) is 19.3 Å². The van der Waals surface area contributed by atoms with Gasteiger partial charge in [0.2, 0.25) is 10.0 Å². The molecule has 0 radical (unpaired) electrons. The van der Waals surface area contributed by atoms with Crippen molar-refractivity contribution in [2.24, 2.45) is 0 Å². The maximum absolute atomic E-state index is 11.9. The molecule has 7 heteroatoms. The van der Waals surface area contributed by atoms with Gasteiger partial charge in [0, 0.05) is 6.54 Å². The molecule has 0 aromatic rings. The SMILES string of the molecule is CC(C)(C)OC(=O)N([C@@H]1CCNC1)S(C)(=O)=O. The average Bonchev–Trinajstić information content (AvgIpc) is 2.49. The summed E-state index contributed by atoms with van der Waals surface area (Å²) in [6.07, 6.45) is 0.843. The topological polar surface area (TPSA) is 75.7 Å². The van der Waals surface area contributed by atoms with Gasteiger partial charge in [0.25, 0.3) is 0 Å². The number of nitrogens with one attached hydrogen (secondary N) is 1. The van der Waals surface area contributed by atoms with Crippen molar-refractivity contribution in [3.63, 3.8) is 0 Å². The van der Waals surface area contributed by atoms with Crippen molar-refractivity contribution >= 4 is 16.1 Å². The number of carbonyl (C=O) groups excluding carboxylic acids is 1. The van der Waals surface area contributed by atoms with E-state index in [2.05, 4.69) is 5.32 Å². The predicted octanol–water partition coefficient (Wildman–Crippen LogP) is 0.545. The highest BCUT2D eigenvalue weighted by Crippen LogP contribution is 2.17. The first-order valence-corrected chi connectivity index (χ1v) is 7.39. The number of amides is 1. The molecule has 0 aliphatic carbocycles. The Morgan fingerprint density at radius 3 is 2.35 bits per heavy atom. The molecule has 1 N–H and O–H groups in total. The average molecular weight is 264 g/mol. The molecule has 1 saturated heterocycles. The Kier molecular flexibility index (Phi) is 4.03. The summed E-state index contributed by atoms with van der Waals surface area (Å²) in [4.78, 5) is 11.9. The van der Waals surface area contributed by atoms with Gasteiger partial charge < -0.3 is 10.1 Å². The molecule has 1 aliphatic heterocycles. The molecule has 1 amide bonds. The molecule has 0 spiro atoms. The van der Waals surface area contributed by atoms with Gasteiger partial charge in [-0.3, -0.25) is 0 Å². The Labute approximate surface area is 102 Å². The van der Waals surface area contributed by atoms with Crippen molar-refractivity contribution in [1.29, 1.82) is 0 Å². The van der Waals surface area contributed by atoms with Crippen LogP contribution >= 0.6 is 0 Å². The molecule has 1 heterocycles. The van der Waals surface area contributed by atoms with Crippen LogP contribution in [0.25, 0.3) is 0 Å². The van der Waals surface area contributed by atoms with Crippen LogP contribution in [0.5, 0.6) is 0 Å². The standard InChI is InChI=1S/C10H20N2O4S/c1-10(2,3)16-9(13)12(17(4,14)15)8-5-6-11-7-8/h8,11H,5-7H2,1-4H3/t8-/m1/s1. The fourth-order valence-electron chi connectivity index (χ4n) is 1.70. The quantitative estimate of drug-likeness (QED) is 0.788. The lowest BCUT2D eigenvalue weighted by atomic mass is 10.2. The maximum Gasteiger partial charge on any atom is 0.424 e. The van der Waals surface area contributed by atoms with E-state index in [0.717, 1.165) is 10.6 Å². The lowest BCUT2D eigenvalue weighted by Crippen LogP contribution is -2.47. The summed E-state index contributed by atoms with van der Waals surface area (Å²) in [5, 5.41) is 3.03. The molecule has 0 aromatic carbocycles. The van der Waals surface area contributed by atoms with Gasteiger partial charge in [0.1, 0.15) is 5.60 Å². The second kappa shape index (κ2) is 4.81. The molecular formula is C10H20N2O4S. The van der Waals surface area contributed by atoms with E-state index < -0.39 is 21.7 Å². The second-order valence-electron chi connectivity index (χ2n) is 5.19. The highest BCUT2D eigenvalue weighted by Gasteiger charge is 2.36. The van der Waals surface area contributed by atoms with Gasteiger partial charge >= 0.3 is 6.09 Å². The smallest absolute Gasteiger partial charge is 0.424 e. The summed E-state index contributed by atoms with van der Waals surface area (Å²) in [7, 11) is -3.60. The van der Waals surface area contributed by atoms with Crippen LogP contribution in [0.1, 0.15) is 27.2 Å². The number of nitrogens with zero attached hydrogens (tertiary/aromatic N) is 1. The van der Waals surface area contributed by atoms with Crippen molar-refractivity contribution < 1.29 is 17.9 Å². The first kappa shape index (κ1) is 14.2. The van der Waals surface area contributed by atoms with Crippen LogP contribution in [0, 0.1) is 0 Å². The molecular weight excluding hydrogens is 244 g/mol. The Bertz CT molecular complexity index is 380. The van der Waals surface area contributed by atoms with Gasteiger partial charge in [-0.25, -0.2) is 17.5 Å². The zero-order valence-electron chi connectivity index (χ0n) is 10.7. The highest BCUT2D eigenvalue weighted by molar-refractivity contribution is 7.88. The van der Waals surface area contributed by atoms with E-state index in [9.17, 15) is 13.2 Å². The van der Waals surface area contributed by atoms with Crippen LogP contribution < -0.4 is 5.32 Å². The largest absolute Gasteiger partial charge is 0.443 e. The summed E-state index contributed by atoms with van der Waals surface area (Å²) < 4.78 is 29.3. The Morgan fingerprint density at radius 2 is 2.00 bits per heavy atom. The van der Waals surface area contributed by atoms with Crippen molar-refractivity contribution in [3.05, 3.63) is 0 Å². The van der Waals surface area contributed by atoms with Crippen molar-refractivity contribution in [3.8, 4) is 0 Å². The third kappa shape index (κ3) is 4.16. The zero-order valence-corrected chi connectivity index (χ0v) is 11.5. The Balaban J connectivity index is 2.87. The number of hydrogen-bond donors (Lipinski definition) is 1. The van der Waals surface area contributed by atoms with Gasteiger partial charge in [-0.05, 0) is 33.7 Å². The molecule has 1 fully saturated rings. The second-order valence-corrected chi connectivity index (χ2v) is 7.05. The molecule has 1 atom stereocenters. The normalized spacial score (nSPS) is 21.3. The third-order valence-corrected chi connectivity index (χ3v) is 3.46. The molecule has 1 aliphatic rings. The lowest BCUT2D eigenvalue weighted by molar-refractivity contribution is 0.0349. The number of ether oxygens (including phenoxy) is 1. The fraction of sp³-hybridized carbons (Fsp3) is 0.900. The van der Waals surface area contributed by atoms with E-state index in [1.165, 1.54) is 0 Å². The van der Waals surface area contributed by atoms with Gasteiger partial charge in [-0.2, -0.15) is 0 Å². The van der Waals surface area contributed by atoms with Crippen LogP contribution in [0.4, 0.5) is 4.79 Å². The minimum atomic E-state index is -3.60. The minimum absolute atomic E-state index is 0.347. The number of hydrogen-bond acceptors (Lipinski definition) is 5. The van der Waals surface area contributed by atoms with Crippen LogP contribution in [-0.2, 0) is 14.8 Å². The summed E-state index contributed by atoms with van der Waals surface area (Å²) in [6.45, 7) is 6.31. The Morgan fingerprint density at radius 1 is 1.41 bits per heavy atom. The molecule has 0 unspecified atom stereocenters. The molecule has 0 saturated carbocycles. The van der Waals surface area contributed by atoms with Crippen LogP contribution in [0.15, 0.2) is 0 Å². The van der Waals surface area contributed by atoms with E-state index in [1.807, 2.05) is 0 Å². The molecule has 1 rings (SSSR count). The summed E-state index contributed by atoms with van der Waals surface area (Å²) in [6, 6.07) is -0.347. The third-order valence-electron chi connectivity index (χ3n) is 2.30. The predicted molar refractivity (Wildman–Crippen MR) is 64.2 cm³/mol.